The number of ether oxygens (including phenoxy) is 3. The maximum absolute atomic E-state index is 12.4. The Hall–Kier alpha value is -2.22. The first-order valence-corrected chi connectivity index (χ1v) is 21.0. The minimum absolute atomic E-state index is 0.276. The number of nitrogens with zero attached hydrogens (tertiary/aromatic N) is 2. The van der Waals surface area contributed by atoms with Gasteiger partial charge in [0.1, 0.15) is 31.1 Å². The summed E-state index contributed by atoms with van der Waals surface area (Å²) >= 11 is 1.70. The molecule has 48 heavy (non-hydrogen) atoms. The number of aromatic nitrogens is 2. The van der Waals surface area contributed by atoms with Crippen LogP contribution in [0.15, 0.2) is 27.7 Å². The van der Waals surface area contributed by atoms with Gasteiger partial charge in [0.05, 0.1) is 15.5 Å². The molecule has 0 radical (unpaired) electrons. The van der Waals surface area contributed by atoms with E-state index in [1.54, 1.807) is 11.3 Å². The molecule has 0 bridgehead atoms. The van der Waals surface area contributed by atoms with Crippen molar-refractivity contribution in [1.29, 1.82) is 0 Å². The number of amides is 1. The lowest BCUT2D eigenvalue weighted by Crippen LogP contribution is -2.43. The third-order valence-corrected chi connectivity index (χ3v) is 8.91. The predicted octanol–water partition coefficient (Wildman–Crippen LogP) is 7.73. The van der Waals surface area contributed by atoms with Crippen LogP contribution in [0, 0.1) is 0 Å². The smallest absolute Gasteiger partial charge is 0.407 e. The molecule has 0 aromatic carbocycles. The van der Waals surface area contributed by atoms with E-state index in [1.807, 2.05) is 6.07 Å². The molecule has 11 nitrogen and oxygen atoms in total. The number of hydrogen-bond acceptors (Lipinski definition) is 10. The molecule has 1 aliphatic heterocycles. The lowest BCUT2D eigenvalue weighted by molar-refractivity contribution is -0.692. The van der Waals surface area contributed by atoms with Gasteiger partial charge in [0.25, 0.3) is 5.88 Å². The van der Waals surface area contributed by atoms with Gasteiger partial charge in [-0.05, 0) is 30.8 Å². The number of nitrogens with one attached hydrogen (secondary N) is 1. The number of alkyl carbamates (subject to hydrolysis) is 1. The van der Waals surface area contributed by atoms with Crippen molar-refractivity contribution in [1.82, 2.24) is 10.5 Å². The number of aryl methyl sites for hydroxylation is 2. The monoisotopic (exact) mass is 715 g/mol. The summed E-state index contributed by atoms with van der Waals surface area (Å²) in [7, 11) is -3.92. The standard InChI is InChI=1S/C34H57N3O5S.CH4O3S/c1-2-3-4-5-6-7-8-9-10-11-12-13-14-15-17-22-35-34(38)41-31-21-19-25-39-32(31)28-40-33-27-30(42-36-33)20-16-18-23-37-24-26-43-29-37;1-5(2,3)4/h24,26-27,29,31-32H,2-23,25,28H2,1H3;1H3,(H,2,3,4)/t31-,32+;/m1./s1. The molecule has 2 aromatic rings. The van der Waals surface area contributed by atoms with Crippen molar-refractivity contribution in [3.63, 3.8) is 0 Å². The summed E-state index contributed by atoms with van der Waals surface area (Å²) in [5, 5.41) is 9.05. The van der Waals surface area contributed by atoms with Gasteiger partial charge in [0, 0.05) is 38.3 Å². The predicted molar refractivity (Wildman–Crippen MR) is 187 cm³/mol. The molecular weight excluding hydrogens is 655 g/mol. The molecular formula is C35H61N3O8S2. The number of carbonyl (C=O) groups is 1. The molecule has 1 saturated heterocycles. The number of carbonyl (C=O) groups excluding carboxylic acids is 1. The van der Waals surface area contributed by atoms with Gasteiger partial charge in [-0.15, -0.1) is 0 Å². The quantitative estimate of drug-likeness (QED) is 0.0620. The van der Waals surface area contributed by atoms with E-state index >= 15 is 0 Å². The Morgan fingerprint density at radius 2 is 1.62 bits per heavy atom. The molecule has 276 valence electrons. The fourth-order valence-corrected chi connectivity index (χ4v) is 6.23. The van der Waals surface area contributed by atoms with Gasteiger partial charge < -0.3 is 28.6 Å². The highest BCUT2D eigenvalue weighted by molar-refractivity contribution is 7.84. The van der Waals surface area contributed by atoms with Gasteiger partial charge in [-0.2, -0.15) is 4.57 Å². The summed E-state index contributed by atoms with van der Waals surface area (Å²) in [5.74, 6) is 1.27. The molecule has 2 atom stereocenters. The third kappa shape index (κ3) is 23.2. The largest absolute Gasteiger partial charge is 0.748 e. The number of hydrogen-bond donors (Lipinski definition) is 1. The highest BCUT2D eigenvalue weighted by atomic mass is 32.2. The maximum atomic E-state index is 12.4. The summed E-state index contributed by atoms with van der Waals surface area (Å²) in [6.45, 7) is 4.85. The summed E-state index contributed by atoms with van der Waals surface area (Å²) in [6.07, 6.45) is 26.2. The van der Waals surface area contributed by atoms with Crippen LogP contribution in [0.1, 0.15) is 135 Å². The van der Waals surface area contributed by atoms with E-state index in [-0.39, 0.29) is 24.9 Å². The van der Waals surface area contributed by atoms with Crippen molar-refractivity contribution >= 4 is 27.5 Å². The SMILES string of the molecule is CCCCCCCCCCCCCCCCCNC(=O)O[C@@H]1CCCO[C@H]1COc1cc(CCCC[n+]2ccsc2)on1.CS(=O)(=O)[O-]. The Morgan fingerprint density at radius 3 is 2.23 bits per heavy atom. The molecule has 13 heteroatoms. The number of unbranched alkanes of at least 4 members (excludes halogenated alkanes) is 15. The topological polar surface area (TPSA) is 144 Å². The van der Waals surface area contributed by atoms with Gasteiger partial charge in [-0.25, -0.2) is 13.2 Å². The van der Waals surface area contributed by atoms with Crippen LogP contribution in [0.3, 0.4) is 0 Å². The van der Waals surface area contributed by atoms with E-state index < -0.39 is 10.1 Å². The van der Waals surface area contributed by atoms with Crippen LogP contribution in [-0.4, -0.2) is 62.4 Å². The zero-order chi connectivity index (χ0) is 34.7. The van der Waals surface area contributed by atoms with Gasteiger partial charge in [0.15, 0.2) is 6.20 Å². The van der Waals surface area contributed by atoms with Crippen molar-refractivity contribution in [3.8, 4) is 5.88 Å². The Bertz CT molecular complexity index is 1150. The Balaban J connectivity index is 0.00000149. The molecule has 0 unspecified atom stereocenters. The van der Waals surface area contributed by atoms with Gasteiger partial charge >= 0.3 is 6.09 Å². The first-order chi connectivity index (χ1) is 23.2. The minimum atomic E-state index is -3.92. The average Bonchev–Trinajstić information content (AvgIpc) is 3.74. The highest BCUT2D eigenvalue weighted by Crippen LogP contribution is 2.20. The van der Waals surface area contributed by atoms with Crippen LogP contribution in [0.2, 0.25) is 0 Å². The molecule has 1 fully saturated rings. The average molecular weight is 716 g/mol. The summed E-state index contributed by atoms with van der Waals surface area (Å²) < 4.78 is 52.3. The van der Waals surface area contributed by atoms with Crippen molar-refractivity contribution in [2.45, 2.75) is 154 Å². The molecule has 3 rings (SSSR count). The van der Waals surface area contributed by atoms with E-state index in [2.05, 4.69) is 39.1 Å². The second-order valence-electron chi connectivity index (χ2n) is 12.7. The lowest BCUT2D eigenvalue weighted by Gasteiger charge is -2.30. The first-order valence-electron chi connectivity index (χ1n) is 18.2. The second-order valence-corrected chi connectivity index (χ2v) is 14.9. The van der Waals surface area contributed by atoms with Crippen LogP contribution >= 0.6 is 11.3 Å². The molecule has 0 spiro atoms. The molecule has 1 amide bonds. The summed E-state index contributed by atoms with van der Waals surface area (Å²) in [6, 6.07) is 1.85. The summed E-state index contributed by atoms with van der Waals surface area (Å²) in [5.41, 5.74) is 2.12. The molecule has 0 saturated carbocycles. The van der Waals surface area contributed by atoms with Crippen molar-refractivity contribution in [2.75, 3.05) is 26.0 Å². The van der Waals surface area contributed by atoms with Gasteiger partial charge in [0.2, 0.25) is 5.51 Å². The van der Waals surface area contributed by atoms with Crippen LogP contribution < -0.4 is 14.6 Å². The fourth-order valence-electron chi connectivity index (χ4n) is 5.60. The van der Waals surface area contributed by atoms with E-state index in [4.69, 9.17) is 31.7 Å². The molecule has 0 aliphatic carbocycles. The Kier molecular flexibility index (Phi) is 23.3. The van der Waals surface area contributed by atoms with Gasteiger partial charge in [-0.3, -0.25) is 0 Å². The van der Waals surface area contributed by atoms with Crippen molar-refractivity contribution < 1.29 is 41.1 Å². The van der Waals surface area contributed by atoms with Crippen LogP contribution in [0.25, 0.3) is 0 Å². The molecule has 2 aromatic heterocycles. The number of rotatable bonds is 25. The van der Waals surface area contributed by atoms with Crippen molar-refractivity contribution in [3.05, 3.63) is 28.9 Å². The van der Waals surface area contributed by atoms with E-state index in [1.165, 1.54) is 83.5 Å². The second kappa shape index (κ2) is 26.6. The normalized spacial score (nSPS) is 16.2. The highest BCUT2D eigenvalue weighted by Gasteiger charge is 2.30. The van der Waals surface area contributed by atoms with E-state index in [0.29, 0.717) is 25.3 Å². The van der Waals surface area contributed by atoms with E-state index in [9.17, 15) is 4.79 Å². The first kappa shape index (κ1) is 41.9. The molecule has 1 N–H and O–H groups in total. The maximum Gasteiger partial charge on any atom is 0.407 e. The van der Waals surface area contributed by atoms with Crippen LogP contribution in [0.4, 0.5) is 4.79 Å². The van der Waals surface area contributed by atoms with Crippen LogP contribution in [-0.2, 0) is 32.6 Å². The zero-order valence-corrected chi connectivity index (χ0v) is 31.0. The lowest BCUT2D eigenvalue weighted by atomic mass is 10.0. The summed E-state index contributed by atoms with van der Waals surface area (Å²) in [4.78, 5) is 12.4. The molecule has 3 heterocycles. The van der Waals surface area contributed by atoms with Crippen LogP contribution in [0.5, 0.6) is 5.88 Å². The zero-order valence-electron chi connectivity index (χ0n) is 29.4. The Morgan fingerprint density at radius 1 is 1.00 bits per heavy atom. The Labute approximate surface area is 293 Å². The fraction of sp³-hybridized carbons (Fsp3) is 0.800. The van der Waals surface area contributed by atoms with E-state index in [0.717, 1.165) is 57.3 Å². The van der Waals surface area contributed by atoms with Crippen molar-refractivity contribution in [2.24, 2.45) is 0 Å². The third-order valence-electron chi connectivity index (χ3n) is 8.24. The molecule has 1 aliphatic rings. The van der Waals surface area contributed by atoms with Gasteiger partial charge in [-0.1, -0.05) is 108 Å². The number of thiazole rings is 1. The minimum Gasteiger partial charge on any atom is -0.748 e.